The lowest BCUT2D eigenvalue weighted by molar-refractivity contribution is -0.123. The van der Waals surface area contributed by atoms with Gasteiger partial charge >= 0.3 is 0 Å². The molecule has 1 aromatic heterocycles. The summed E-state index contributed by atoms with van der Waals surface area (Å²) < 4.78 is 0. The Bertz CT molecular complexity index is 844. The molecule has 6 nitrogen and oxygen atoms in total. The molecular weight excluding hydrogens is 406 g/mol. The maximum atomic E-state index is 12.6. The summed E-state index contributed by atoms with van der Waals surface area (Å²) in [6.45, 7) is 0. The zero-order valence-electron chi connectivity index (χ0n) is 16.3. The molecule has 1 unspecified atom stereocenters. The van der Waals surface area contributed by atoms with Crippen molar-refractivity contribution < 1.29 is 14.4 Å². The molecule has 0 aliphatic heterocycles. The van der Waals surface area contributed by atoms with Crippen molar-refractivity contribution in [1.82, 2.24) is 16.2 Å². The number of amides is 3. The second-order valence-electron chi connectivity index (χ2n) is 6.88. The van der Waals surface area contributed by atoms with E-state index in [0.717, 1.165) is 25.7 Å². The summed E-state index contributed by atoms with van der Waals surface area (Å²) in [6, 6.07) is 9.94. The van der Waals surface area contributed by atoms with Crippen LogP contribution in [0.15, 0.2) is 36.4 Å². The van der Waals surface area contributed by atoms with Crippen molar-refractivity contribution in [2.75, 3.05) is 12.0 Å². The van der Waals surface area contributed by atoms with Gasteiger partial charge in [0.25, 0.3) is 17.7 Å². The van der Waals surface area contributed by atoms with Gasteiger partial charge in [-0.05, 0) is 67.9 Å². The van der Waals surface area contributed by atoms with E-state index in [1.807, 2.05) is 18.4 Å². The van der Waals surface area contributed by atoms with E-state index in [2.05, 4.69) is 16.2 Å². The highest BCUT2D eigenvalue weighted by Crippen LogP contribution is 2.29. The molecule has 1 aromatic carbocycles. The van der Waals surface area contributed by atoms with E-state index in [-0.39, 0.29) is 11.8 Å². The van der Waals surface area contributed by atoms with Crippen molar-refractivity contribution in [3.8, 4) is 0 Å². The summed E-state index contributed by atoms with van der Waals surface area (Å²) in [5.74, 6) is -0.364. The molecular formula is C21H25N3O3S2. The van der Waals surface area contributed by atoms with E-state index in [0.29, 0.717) is 22.6 Å². The lowest BCUT2D eigenvalue weighted by Crippen LogP contribution is -2.52. The highest BCUT2D eigenvalue weighted by molar-refractivity contribution is 7.98. The van der Waals surface area contributed by atoms with Gasteiger partial charge in [-0.3, -0.25) is 25.2 Å². The summed E-state index contributed by atoms with van der Waals surface area (Å²) in [4.78, 5) is 39.3. The summed E-state index contributed by atoms with van der Waals surface area (Å²) in [7, 11) is 0. The van der Waals surface area contributed by atoms with Crippen molar-refractivity contribution in [1.29, 1.82) is 0 Å². The van der Waals surface area contributed by atoms with Gasteiger partial charge in [-0.15, -0.1) is 11.3 Å². The monoisotopic (exact) mass is 431 g/mol. The number of nitrogens with one attached hydrogen (secondary N) is 3. The SMILES string of the molecule is CSCCC(NC(=O)c1ccccc1)C(=O)NNC(=O)c1cc2c(s1)CCCC2. The Morgan fingerprint density at radius 3 is 2.55 bits per heavy atom. The Morgan fingerprint density at radius 2 is 1.83 bits per heavy atom. The number of carbonyl (C=O) groups is 3. The van der Waals surface area contributed by atoms with E-state index < -0.39 is 11.9 Å². The van der Waals surface area contributed by atoms with Crippen LogP contribution in [0, 0.1) is 0 Å². The number of thiophene rings is 1. The topological polar surface area (TPSA) is 87.3 Å². The largest absolute Gasteiger partial charge is 0.340 e. The number of thioether (sulfide) groups is 1. The van der Waals surface area contributed by atoms with Crippen molar-refractivity contribution in [2.45, 2.75) is 38.1 Å². The summed E-state index contributed by atoms with van der Waals surface area (Å²) in [5.41, 5.74) is 6.69. The third-order valence-corrected chi connectivity index (χ3v) is 6.67. The number of hydrazine groups is 1. The molecule has 1 atom stereocenters. The normalized spacial score (nSPS) is 13.8. The first-order chi connectivity index (χ1) is 14.1. The average molecular weight is 432 g/mol. The first kappa shape index (κ1) is 21.4. The van der Waals surface area contributed by atoms with Gasteiger partial charge in [-0.2, -0.15) is 11.8 Å². The van der Waals surface area contributed by atoms with Gasteiger partial charge in [0.2, 0.25) is 0 Å². The fourth-order valence-electron chi connectivity index (χ4n) is 3.21. The minimum atomic E-state index is -0.730. The van der Waals surface area contributed by atoms with Gasteiger partial charge in [-0.1, -0.05) is 18.2 Å². The Kier molecular flexibility index (Phi) is 7.71. The summed E-state index contributed by atoms with van der Waals surface area (Å²) >= 11 is 3.08. The third-order valence-electron chi connectivity index (χ3n) is 4.79. The van der Waals surface area contributed by atoms with E-state index >= 15 is 0 Å². The smallest absolute Gasteiger partial charge is 0.279 e. The van der Waals surface area contributed by atoms with Crippen molar-refractivity contribution in [3.63, 3.8) is 0 Å². The van der Waals surface area contributed by atoms with Crippen LogP contribution in [0.5, 0.6) is 0 Å². The van der Waals surface area contributed by atoms with Gasteiger partial charge in [0.1, 0.15) is 6.04 Å². The third kappa shape index (κ3) is 5.83. The van der Waals surface area contributed by atoms with E-state index in [9.17, 15) is 14.4 Å². The fourth-order valence-corrected chi connectivity index (χ4v) is 4.83. The number of hydrogen-bond donors (Lipinski definition) is 3. The molecule has 29 heavy (non-hydrogen) atoms. The first-order valence-corrected chi connectivity index (χ1v) is 11.9. The van der Waals surface area contributed by atoms with Gasteiger partial charge < -0.3 is 5.32 Å². The van der Waals surface area contributed by atoms with Crippen LogP contribution in [-0.4, -0.2) is 35.8 Å². The van der Waals surface area contributed by atoms with Crippen LogP contribution in [0.1, 0.15) is 49.7 Å². The standard InChI is InChI=1S/C21H25N3O3S2/c1-28-12-11-16(22-19(25)14-7-3-2-4-8-14)20(26)23-24-21(27)18-13-15-9-5-6-10-17(15)29-18/h2-4,7-8,13,16H,5-6,9-12H2,1H3,(H,22,25)(H,23,26)(H,24,27). The van der Waals surface area contributed by atoms with Crippen LogP contribution < -0.4 is 16.2 Å². The van der Waals surface area contributed by atoms with Crippen molar-refractivity contribution in [3.05, 3.63) is 57.3 Å². The highest BCUT2D eigenvalue weighted by Gasteiger charge is 2.23. The van der Waals surface area contributed by atoms with E-state index in [1.165, 1.54) is 21.8 Å². The summed E-state index contributed by atoms with van der Waals surface area (Å²) in [5, 5.41) is 2.76. The molecule has 1 heterocycles. The number of hydrogen-bond acceptors (Lipinski definition) is 5. The lowest BCUT2D eigenvalue weighted by atomic mass is 9.99. The molecule has 0 saturated heterocycles. The molecule has 3 N–H and O–H groups in total. The minimum absolute atomic E-state index is 0.316. The zero-order chi connectivity index (χ0) is 20.6. The Hall–Kier alpha value is -2.32. The molecule has 3 rings (SSSR count). The van der Waals surface area contributed by atoms with Gasteiger partial charge in [0.15, 0.2) is 0 Å². The van der Waals surface area contributed by atoms with Crippen LogP contribution >= 0.6 is 23.1 Å². The fraction of sp³-hybridized carbons (Fsp3) is 0.381. The van der Waals surface area contributed by atoms with Crippen molar-refractivity contribution in [2.24, 2.45) is 0 Å². The molecule has 154 valence electrons. The van der Waals surface area contributed by atoms with Crippen molar-refractivity contribution >= 4 is 40.8 Å². The molecule has 8 heteroatoms. The van der Waals surface area contributed by atoms with Crippen LogP contribution in [0.2, 0.25) is 0 Å². The molecule has 0 spiro atoms. The number of aryl methyl sites for hydroxylation is 2. The van der Waals surface area contributed by atoms with Crippen LogP contribution in [0.3, 0.4) is 0 Å². The molecule has 2 aromatic rings. The number of carbonyl (C=O) groups excluding carboxylic acids is 3. The first-order valence-electron chi connectivity index (χ1n) is 9.65. The second-order valence-corrected chi connectivity index (χ2v) is 9.01. The Balaban J connectivity index is 1.58. The molecule has 0 fully saturated rings. The van der Waals surface area contributed by atoms with Gasteiger partial charge in [0.05, 0.1) is 4.88 Å². The molecule has 3 amide bonds. The average Bonchev–Trinajstić information content (AvgIpc) is 3.19. The molecule has 1 aliphatic carbocycles. The number of benzene rings is 1. The Labute approximate surface area is 178 Å². The van der Waals surface area contributed by atoms with E-state index in [4.69, 9.17) is 0 Å². The lowest BCUT2D eigenvalue weighted by Gasteiger charge is -2.18. The second kappa shape index (κ2) is 10.5. The van der Waals surface area contributed by atoms with E-state index in [1.54, 1.807) is 36.0 Å². The predicted molar refractivity (Wildman–Crippen MR) is 117 cm³/mol. The molecule has 0 saturated carbocycles. The minimum Gasteiger partial charge on any atom is -0.340 e. The predicted octanol–water partition coefficient (Wildman–Crippen LogP) is 2.94. The highest BCUT2D eigenvalue weighted by atomic mass is 32.2. The van der Waals surface area contributed by atoms with Crippen LogP contribution in [0.4, 0.5) is 0 Å². The zero-order valence-corrected chi connectivity index (χ0v) is 18.0. The van der Waals surface area contributed by atoms with Gasteiger partial charge in [-0.25, -0.2) is 0 Å². The maximum absolute atomic E-state index is 12.6. The maximum Gasteiger partial charge on any atom is 0.279 e. The van der Waals surface area contributed by atoms with Crippen LogP contribution in [0.25, 0.3) is 0 Å². The molecule has 1 aliphatic rings. The Morgan fingerprint density at radius 1 is 1.07 bits per heavy atom. The van der Waals surface area contributed by atoms with Gasteiger partial charge in [0, 0.05) is 10.4 Å². The summed E-state index contributed by atoms with van der Waals surface area (Å²) in [6.07, 6.45) is 6.74. The molecule has 0 radical (unpaired) electrons. The number of fused-ring (bicyclic) bond motifs is 1. The van der Waals surface area contributed by atoms with Crippen LogP contribution in [-0.2, 0) is 17.6 Å². The number of rotatable bonds is 7. The quantitative estimate of drug-likeness (QED) is 0.588. The molecule has 0 bridgehead atoms.